The molecule has 1 fully saturated rings. The fraction of sp³-hybridized carbons (Fsp3) is 0.929. The fourth-order valence-electron chi connectivity index (χ4n) is 2.35. The summed E-state index contributed by atoms with van der Waals surface area (Å²) >= 11 is 0. The molecule has 0 aromatic heterocycles. The van der Waals surface area contributed by atoms with E-state index in [2.05, 4.69) is 31.0 Å². The van der Waals surface area contributed by atoms with E-state index < -0.39 is 0 Å². The second kappa shape index (κ2) is 6.53. The average molecular weight is 255 g/mol. The highest BCUT2D eigenvalue weighted by atomic mass is 16.1. The lowest BCUT2D eigenvalue weighted by Crippen LogP contribution is -2.50. The Balaban J connectivity index is 2.25. The van der Waals surface area contributed by atoms with E-state index in [1.807, 2.05) is 6.92 Å². The first-order chi connectivity index (χ1) is 8.29. The summed E-state index contributed by atoms with van der Waals surface area (Å²) in [6, 6.07) is 0.461. The van der Waals surface area contributed by atoms with Gasteiger partial charge in [-0.25, -0.2) is 0 Å². The van der Waals surface area contributed by atoms with Crippen molar-refractivity contribution in [3.63, 3.8) is 0 Å². The molecule has 0 aliphatic carbocycles. The van der Waals surface area contributed by atoms with Crippen molar-refractivity contribution >= 4 is 5.91 Å². The fourth-order valence-corrected chi connectivity index (χ4v) is 2.35. The summed E-state index contributed by atoms with van der Waals surface area (Å²) in [7, 11) is 0. The van der Waals surface area contributed by atoms with Gasteiger partial charge in [-0.2, -0.15) is 0 Å². The Hall–Kier alpha value is -0.610. The van der Waals surface area contributed by atoms with Crippen molar-refractivity contribution in [2.45, 2.75) is 71.0 Å². The molecule has 1 saturated heterocycles. The maximum absolute atomic E-state index is 11.7. The minimum atomic E-state index is 0.110. The van der Waals surface area contributed by atoms with Gasteiger partial charge in [-0.15, -0.1) is 0 Å². The molecule has 0 bridgehead atoms. The molecule has 0 saturated carbocycles. The molecule has 106 valence electrons. The molecular formula is C14H29N3O. The average Bonchev–Trinajstić information content (AvgIpc) is 2.26. The van der Waals surface area contributed by atoms with Crippen LogP contribution in [0.25, 0.3) is 0 Å². The number of piperidine rings is 1. The zero-order valence-electron chi connectivity index (χ0n) is 12.3. The molecule has 1 aliphatic heterocycles. The molecule has 4 heteroatoms. The van der Waals surface area contributed by atoms with Gasteiger partial charge in [0.15, 0.2) is 0 Å². The Labute approximate surface area is 111 Å². The van der Waals surface area contributed by atoms with Crippen LogP contribution in [-0.4, -0.2) is 41.5 Å². The van der Waals surface area contributed by atoms with Gasteiger partial charge in [-0.1, -0.05) is 0 Å². The van der Waals surface area contributed by atoms with Crippen LogP contribution in [0.3, 0.4) is 0 Å². The first-order valence-corrected chi connectivity index (χ1v) is 7.09. The monoisotopic (exact) mass is 255 g/mol. The smallest absolute Gasteiger partial charge is 0.220 e. The topological polar surface area (TPSA) is 58.4 Å². The lowest BCUT2D eigenvalue weighted by molar-refractivity contribution is -0.122. The van der Waals surface area contributed by atoms with Gasteiger partial charge in [-0.3, -0.25) is 9.69 Å². The van der Waals surface area contributed by atoms with E-state index in [9.17, 15) is 4.79 Å². The molecule has 3 N–H and O–H groups in total. The molecule has 0 radical (unpaired) electrons. The van der Waals surface area contributed by atoms with E-state index in [4.69, 9.17) is 5.73 Å². The molecule has 0 aromatic rings. The quantitative estimate of drug-likeness (QED) is 0.800. The molecule has 0 spiro atoms. The van der Waals surface area contributed by atoms with Crippen molar-refractivity contribution in [3.05, 3.63) is 0 Å². The highest BCUT2D eigenvalue weighted by Gasteiger charge is 2.27. The molecule has 4 nitrogen and oxygen atoms in total. The van der Waals surface area contributed by atoms with Crippen LogP contribution < -0.4 is 11.1 Å². The van der Waals surface area contributed by atoms with Crippen molar-refractivity contribution in [3.8, 4) is 0 Å². The number of nitrogens with one attached hydrogen (secondary N) is 1. The summed E-state index contributed by atoms with van der Waals surface area (Å²) in [5, 5.41) is 3.13. The number of rotatable bonds is 4. The summed E-state index contributed by atoms with van der Waals surface area (Å²) in [6.45, 7) is 10.8. The number of nitrogens with zero attached hydrogens (tertiary/aromatic N) is 1. The maximum atomic E-state index is 11.7. The van der Waals surface area contributed by atoms with Crippen molar-refractivity contribution in [2.75, 3.05) is 13.1 Å². The van der Waals surface area contributed by atoms with Crippen LogP contribution in [0.1, 0.15) is 53.4 Å². The van der Waals surface area contributed by atoms with Crippen LogP contribution in [0.2, 0.25) is 0 Å². The van der Waals surface area contributed by atoms with Gasteiger partial charge in [0.2, 0.25) is 5.91 Å². The maximum Gasteiger partial charge on any atom is 0.220 e. The SMILES string of the molecule is CC(N)CCC(=O)NC1CCN(C(C)(C)C)CC1. The third-order valence-electron chi connectivity index (χ3n) is 3.64. The number of nitrogens with two attached hydrogens (primary N) is 1. The van der Waals surface area contributed by atoms with E-state index in [-0.39, 0.29) is 17.5 Å². The highest BCUT2D eigenvalue weighted by Crippen LogP contribution is 2.20. The second-order valence-corrected chi connectivity index (χ2v) is 6.52. The predicted molar refractivity (Wildman–Crippen MR) is 75.4 cm³/mol. The summed E-state index contributed by atoms with van der Waals surface area (Å²) in [5.41, 5.74) is 5.89. The second-order valence-electron chi connectivity index (χ2n) is 6.52. The van der Waals surface area contributed by atoms with Gasteiger partial charge in [0.1, 0.15) is 0 Å². The molecule has 1 heterocycles. The zero-order valence-corrected chi connectivity index (χ0v) is 12.3. The Morgan fingerprint density at radius 3 is 2.39 bits per heavy atom. The van der Waals surface area contributed by atoms with Crippen molar-refractivity contribution in [1.82, 2.24) is 10.2 Å². The van der Waals surface area contributed by atoms with Crippen LogP contribution in [0, 0.1) is 0 Å². The van der Waals surface area contributed by atoms with Crippen LogP contribution in [0.4, 0.5) is 0 Å². The number of likely N-dealkylation sites (tertiary alicyclic amines) is 1. The Morgan fingerprint density at radius 2 is 1.94 bits per heavy atom. The molecular weight excluding hydrogens is 226 g/mol. The van der Waals surface area contributed by atoms with E-state index in [0.717, 1.165) is 32.4 Å². The van der Waals surface area contributed by atoms with Gasteiger partial charge in [0.05, 0.1) is 0 Å². The number of hydrogen-bond acceptors (Lipinski definition) is 3. The summed E-state index contributed by atoms with van der Waals surface area (Å²) < 4.78 is 0. The third kappa shape index (κ3) is 5.36. The minimum absolute atomic E-state index is 0.110. The predicted octanol–water partition coefficient (Wildman–Crippen LogP) is 1.49. The van der Waals surface area contributed by atoms with Crippen LogP contribution >= 0.6 is 0 Å². The summed E-state index contributed by atoms with van der Waals surface area (Å²) in [6.07, 6.45) is 3.44. The van der Waals surface area contributed by atoms with Crippen LogP contribution in [0.5, 0.6) is 0 Å². The Kier molecular flexibility index (Phi) is 5.60. The summed E-state index contributed by atoms with van der Waals surface area (Å²) in [5.74, 6) is 0.154. The lowest BCUT2D eigenvalue weighted by Gasteiger charge is -2.41. The Bertz CT molecular complexity index is 263. The standard InChI is InChI=1S/C14H29N3O/c1-11(15)5-6-13(18)16-12-7-9-17(10-8-12)14(2,3)4/h11-12H,5-10,15H2,1-4H3,(H,16,18). The van der Waals surface area contributed by atoms with Gasteiger partial charge in [0, 0.05) is 37.1 Å². The number of hydrogen-bond donors (Lipinski definition) is 2. The van der Waals surface area contributed by atoms with Crippen molar-refractivity contribution in [2.24, 2.45) is 5.73 Å². The van der Waals surface area contributed by atoms with E-state index in [1.54, 1.807) is 0 Å². The first kappa shape index (κ1) is 15.4. The van der Waals surface area contributed by atoms with Crippen LogP contribution in [-0.2, 0) is 4.79 Å². The molecule has 1 amide bonds. The first-order valence-electron chi connectivity index (χ1n) is 7.09. The Morgan fingerprint density at radius 1 is 1.39 bits per heavy atom. The van der Waals surface area contributed by atoms with Gasteiger partial charge in [-0.05, 0) is 47.0 Å². The highest BCUT2D eigenvalue weighted by molar-refractivity contribution is 5.76. The summed E-state index contributed by atoms with van der Waals surface area (Å²) in [4.78, 5) is 14.2. The van der Waals surface area contributed by atoms with E-state index in [0.29, 0.717) is 12.5 Å². The normalized spacial score (nSPS) is 20.7. The largest absolute Gasteiger partial charge is 0.353 e. The number of amides is 1. The van der Waals surface area contributed by atoms with Crippen LogP contribution in [0.15, 0.2) is 0 Å². The molecule has 18 heavy (non-hydrogen) atoms. The molecule has 1 unspecified atom stereocenters. The molecule has 1 atom stereocenters. The van der Waals surface area contributed by atoms with Gasteiger partial charge in [0.25, 0.3) is 0 Å². The molecule has 0 aromatic carbocycles. The number of carbonyl (C=O) groups excluding carboxylic acids is 1. The third-order valence-corrected chi connectivity index (χ3v) is 3.64. The molecule has 1 rings (SSSR count). The minimum Gasteiger partial charge on any atom is -0.353 e. The van der Waals surface area contributed by atoms with Crippen molar-refractivity contribution in [1.29, 1.82) is 0 Å². The van der Waals surface area contributed by atoms with E-state index >= 15 is 0 Å². The zero-order chi connectivity index (χ0) is 13.8. The van der Waals surface area contributed by atoms with Crippen molar-refractivity contribution < 1.29 is 4.79 Å². The molecule has 1 aliphatic rings. The lowest BCUT2D eigenvalue weighted by atomic mass is 9.98. The van der Waals surface area contributed by atoms with Gasteiger partial charge >= 0.3 is 0 Å². The number of carbonyl (C=O) groups is 1. The van der Waals surface area contributed by atoms with Gasteiger partial charge < -0.3 is 11.1 Å². The van der Waals surface area contributed by atoms with E-state index in [1.165, 1.54) is 0 Å².